The van der Waals surface area contributed by atoms with E-state index in [-0.39, 0.29) is 11.3 Å². The van der Waals surface area contributed by atoms with Gasteiger partial charge in [0.15, 0.2) is 5.65 Å². The predicted molar refractivity (Wildman–Crippen MR) is 76.0 cm³/mol. The summed E-state index contributed by atoms with van der Waals surface area (Å²) in [6.07, 6.45) is 1.62. The predicted octanol–water partition coefficient (Wildman–Crippen LogP) is 3.54. The lowest BCUT2D eigenvalue weighted by Crippen LogP contribution is -2.21. The maximum absolute atomic E-state index is 9.02. The Balaban J connectivity index is 2.66. The highest BCUT2D eigenvalue weighted by Gasteiger charge is 2.24. The second-order valence-corrected chi connectivity index (χ2v) is 6.26. The molecule has 1 atom stereocenters. The molecule has 0 saturated heterocycles. The molecule has 5 heteroatoms. The average Bonchev–Trinajstić information content (AvgIpc) is 2.67. The Labute approximate surface area is 118 Å². The van der Waals surface area contributed by atoms with E-state index in [0.717, 1.165) is 17.0 Å². The van der Waals surface area contributed by atoms with E-state index in [0.29, 0.717) is 11.6 Å². The van der Waals surface area contributed by atoms with E-state index >= 15 is 0 Å². The quantitative estimate of drug-likeness (QED) is 0.843. The molecule has 4 nitrogen and oxygen atoms in total. The van der Waals surface area contributed by atoms with Gasteiger partial charge in [-0.1, -0.05) is 32.4 Å². The van der Waals surface area contributed by atoms with Crippen molar-refractivity contribution in [1.82, 2.24) is 14.5 Å². The minimum atomic E-state index is -0.109. The van der Waals surface area contributed by atoms with Gasteiger partial charge in [0.2, 0.25) is 0 Å². The molecule has 0 saturated carbocycles. The number of nitrogens with zero attached hydrogens (tertiary/aromatic N) is 4. The molecule has 0 amide bonds. The summed E-state index contributed by atoms with van der Waals surface area (Å²) in [5.74, 6) is 0.843. The van der Waals surface area contributed by atoms with E-state index in [9.17, 15) is 0 Å². The number of imidazole rings is 1. The van der Waals surface area contributed by atoms with Crippen LogP contribution in [0.15, 0.2) is 12.3 Å². The summed E-state index contributed by atoms with van der Waals surface area (Å²) in [4.78, 5) is 9.00. The molecule has 2 aromatic heterocycles. The first-order valence-electron chi connectivity index (χ1n) is 6.25. The molecule has 0 bridgehead atoms. The molecule has 2 aromatic rings. The fourth-order valence-electron chi connectivity index (χ4n) is 2.05. The number of hydrogen-bond donors (Lipinski definition) is 0. The Morgan fingerprint density at radius 3 is 2.74 bits per heavy atom. The van der Waals surface area contributed by atoms with Crippen LogP contribution in [0.5, 0.6) is 0 Å². The molecule has 0 aliphatic rings. The van der Waals surface area contributed by atoms with Gasteiger partial charge in [-0.05, 0) is 13.0 Å². The first-order chi connectivity index (χ1) is 8.82. The molecule has 1 unspecified atom stereocenters. The van der Waals surface area contributed by atoms with Crippen molar-refractivity contribution < 1.29 is 0 Å². The molecule has 2 rings (SSSR count). The summed E-state index contributed by atoms with van der Waals surface area (Å²) < 4.78 is 2.03. The minimum Gasteiger partial charge on any atom is -0.311 e. The first-order valence-corrected chi connectivity index (χ1v) is 6.62. The van der Waals surface area contributed by atoms with Crippen molar-refractivity contribution in [1.29, 1.82) is 5.26 Å². The highest BCUT2D eigenvalue weighted by molar-refractivity contribution is 6.31. The number of pyridine rings is 1. The van der Waals surface area contributed by atoms with Crippen LogP contribution in [0.25, 0.3) is 11.2 Å². The third-order valence-corrected chi connectivity index (χ3v) is 3.11. The first kappa shape index (κ1) is 13.8. The van der Waals surface area contributed by atoms with Crippen LogP contribution in [0.4, 0.5) is 0 Å². The van der Waals surface area contributed by atoms with Crippen LogP contribution in [0, 0.1) is 17.2 Å². The molecular formula is C14H17ClN4. The van der Waals surface area contributed by atoms with Crippen LogP contribution in [-0.4, -0.2) is 14.5 Å². The maximum Gasteiger partial charge on any atom is 0.160 e. The zero-order valence-corrected chi connectivity index (χ0v) is 12.4. The lowest BCUT2D eigenvalue weighted by Gasteiger charge is -2.20. The number of halogens is 1. The molecule has 0 fully saturated rings. The molecule has 19 heavy (non-hydrogen) atoms. The SMILES string of the molecule is CC(C#N)Cn1c(C(C)(C)C)nc2cc(Cl)cnc21. The van der Waals surface area contributed by atoms with E-state index in [1.165, 1.54) is 0 Å². The van der Waals surface area contributed by atoms with Gasteiger partial charge < -0.3 is 4.57 Å². The van der Waals surface area contributed by atoms with E-state index in [1.54, 1.807) is 6.20 Å². The minimum absolute atomic E-state index is 0.0871. The van der Waals surface area contributed by atoms with Crippen molar-refractivity contribution in [2.24, 2.45) is 5.92 Å². The summed E-state index contributed by atoms with van der Waals surface area (Å²) in [6, 6.07) is 4.07. The zero-order chi connectivity index (χ0) is 14.2. The number of hydrogen-bond acceptors (Lipinski definition) is 3. The lowest BCUT2D eigenvalue weighted by molar-refractivity contribution is 0.478. The molecular weight excluding hydrogens is 260 g/mol. The van der Waals surface area contributed by atoms with E-state index in [4.69, 9.17) is 16.9 Å². The number of aromatic nitrogens is 3. The monoisotopic (exact) mass is 276 g/mol. The summed E-state index contributed by atoms with van der Waals surface area (Å²) >= 11 is 5.96. The molecule has 0 aromatic carbocycles. The van der Waals surface area contributed by atoms with E-state index in [1.807, 2.05) is 17.6 Å². The van der Waals surface area contributed by atoms with Gasteiger partial charge in [0.1, 0.15) is 11.3 Å². The Morgan fingerprint density at radius 1 is 1.47 bits per heavy atom. The van der Waals surface area contributed by atoms with Gasteiger partial charge in [0.25, 0.3) is 0 Å². The molecule has 0 spiro atoms. The van der Waals surface area contributed by atoms with Crippen LogP contribution in [0.1, 0.15) is 33.5 Å². The molecule has 2 heterocycles. The van der Waals surface area contributed by atoms with Crippen LogP contribution in [0.2, 0.25) is 5.02 Å². The van der Waals surface area contributed by atoms with Gasteiger partial charge in [-0.25, -0.2) is 9.97 Å². The van der Waals surface area contributed by atoms with Crippen LogP contribution < -0.4 is 0 Å². The normalized spacial score (nSPS) is 13.5. The van der Waals surface area contributed by atoms with Crippen molar-refractivity contribution in [2.45, 2.75) is 39.7 Å². The highest BCUT2D eigenvalue weighted by atomic mass is 35.5. The van der Waals surface area contributed by atoms with Crippen molar-refractivity contribution in [3.05, 3.63) is 23.1 Å². The third-order valence-electron chi connectivity index (χ3n) is 2.90. The largest absolute Gasteiger partial charge is 0.311 e. The number of fused-ring (bicyclic) bond motifs is 1. The Morgan fingerprint density at radius 2 is 2.16 bits per heavy atom. The van der Waals surface area contributed by atoms with Gasteiger partial charge in [-0.3, -0.25) is 0 Å². The molecule has 0 aliphatic carbocycles. The van der Waals surface area contributed by atoms with Crippen LogP contribution in [0.3, 0.4) is 0 Å². The molecule has 100 valence electrons. The standard InChI is InChI=1S/C14H17ClN4/c1-9(6-16)8-19-12-11(5-10(15)7-17-12)18-13(19)14(2,3)4/h5,7,9H,8H2,1-4H3. The van der Waals surface area contributed by atoms with Gasteiger partial charge in [0, 0.05) is 18.2 Å². The topological polar surface area (TPSA) is 54.5 Å². The molecule has 0 N–H and O–H groups in total. The van der Waals surface area contributed by atoms with Gasteiger partial charge in [-0.2, -0.15) is 5.26 Å². The van der Waals surface area contributed by atoms with Crippen LogP contribution in [-0.2, 0) is 12.0 Å². The highest BCUT2D eigenvalue weighted by Crippen LogP contribution is 2.27. The second kappa shape index (κ2) is 4.82. The van der Waals surface area contributed by atoms with Gasteiger partial charge in [-0.15, -0.1) is 0 Å². The summed E-state index contributed by atoms with van der Waals surface area (Å²) in [5.41, 5.74) is 1.46. The zero-order valence-electron chi connectivity index (χ0n) is 11.6. The van der Waals surface area contributed by atoms with Gasteiger partial charge >= 0.3 is 0 Å². The Hall–Kier alpha value is -1.60. The Kier molecular flexibility index (Phi) is 3.51. The van der Waals surface area contributed by atoms with Gasteiger partial charge in [0.05, 0.1) is 17.0 Å². The summed E-state index contributed by atoms with van der Waals surface area (Å²) in [5, 5.41) is 9.59. The Bertz CT molecular complexity index is 646. The average molecular weight is 277 g/mol. The number of rotatable bonds is 2. The summed E-state index contributed by atoms with van der Waals surface area (Å²) in [7, 11) is 0. The molecule has 0 aliphatic heterocycles. The lowest BCUT2D eigenvalue weighted by atomic mass is 9.95. The van der Waals surface area contributed by atoms with Crippen LogP contribution >= 0.6 is 11.6 Å². The third kappa shape index (κ3) is 2.71. The van der Waals surface area contributed by atoms with E-state index < -0.39 is 0 Å². The van der Waals surface area contributed by atoms with Crippen molar-refractivity contribution >= 4 is 22.8 Å². The smallest absolute Gasteiger partial charge is 0.160 e. The maximum atomic E-state index is 9.02. The van der Waals surface area contributed by atoms with Crippen molar-refractivity contribution in [3.63, 3.8) is 0 Å². The fraction of sp³-hybridized carbons (Fsp3) is 0.500. The second-order valence-electron chi connectivity index (χ2n) is 5.82. The number of nitriles is 1. The van der Waals surface area contributed by atoms with E-state index in [2.05, 4.69) is 36.8 Å². The van der Waals surface area contributed by atoms with Crippen molar-refractivity contribution in [2.75, 3.05) is 0 Å². The van der Waals surface area contributed by atoms with Crippen molar-refractivity contribution in [3.8, 4) is 6.07 Å². The molecule has 0 radical (unpaired) electrons. The fourth-order valence-corrected chi connectivity index (χ4v) is 2.20. The summed E-state index contributed by atoms with van der Waals surface area (Å²) in [6.45, 7) is 8.79.